The van der Waals surface area contributed by atoms with Crippen LogP contribution in [-0.2, 0) is 11.8 Å². The first kappa shape index (κ1) is 20.6. The fourth-order valence-corrected chi connectivity index (χ4v) is 3.50. The van der Waals surface area contributed by atoms with Gasteiger partial charge in [-0.05, 0) is 19.1 Å². The number of amides is 1. The van der Waals surface area contributed by atoms with E-state index in [1.165, 1.54) is 11.8 Å². The Morgan fingerprint density at radius 2 is 2.00 bits per heavy atom. The Morgan fingerprint density at radius 1 is 1.19 bits per heavy atom. The van der Waals surface area contributed by atoms with Gasteiger partial charge in [-0.15, -0.1) is 10.2 Å². The van der Waals surface area contributed by atoms with Gasteiger partial charge in [-0.2, -0.15) is 4.98 Å². The van der Waals surface area contributed by atoms with Gasteiger partial charge in [0.05, 0.1) is 12.9 Å². The summed E-state index contributed by atoms with van der Waals surface area (Å²) in [5, 5.41) is 15.7. The number of aromatic nitrogens is 5. The highest BCUT2D eigenvalue weighted by Gasteiger charge is 2.19. The highest BCUT2D eigenvalue weighted by atomic mass is 32.2. The first-order valence-electron chi connectivity index (χ1n) is 9.40. The van der Waals surface area contributed by atoms with Crippen LogP contribution in [0.25, 0.3) is 23.1 Å². The molecule has 1 amide bonds. The zero-order valence-corrected chi connectivity index (χ0v) is 18.0. The number of hydrogen-bond acceptors (Lipinski definition) is 8. The molecule has 0 atom stereocenters. The minimum Gasteiger partial charge on any atom is -0.497 e. The standard InChI is InChI=1S/C21H20N6O3S/c1-13-7-9-14(10-8-13)18-23-20(30-26-18)19-24-25-21(27(19)2)31-12-17(28)22-15-5-4-6-16(11-15)29-3/h4-11H,12H2,1-3H3,(H,22,28). The highest BCUT2D eigenvalue weighted by Crippen LogP contribution is 2.24. The Bertz CT molecular complexity index is 1200. The second-order valence-corrected chi connectivity index (χ2v) is 7.67. The van der Waals surface area contributed by atoms with Crippen LogP contribution in [0.5, 0.6) is 5.75 Å². The largest absolute Gasteiger partial charge is 0.497 e. The number of anilines is 1. The van der Waals surface area contributed by atoms with Crippen LogP contribution >= 0.6 is 11.8 Å². The summed E-state index contributed by atoms with van der Waals surface area (Å²) in [7, 11) is 3.36. The molecule has 4 aromatic rings. The first-order valence-corrected chi connectivity index (χ1v) is 10.4. The number of rotatable bonds is 7. The Hall–Kier alpha value is -3.66. The van der Waals surface area contributed by atoms with Gasteiger partial charge in [-0.1, -0.05) is 52.8 Å². The summed E-state index contributed by atoms with van der Waals surface area (Å²) >= 11 is 1.26. The molecule has 2 aromatic carbocycles. The van der Waals surface area contributed by atoms with Crippen LogP contribution in [0.15, 0.2) is 58.2 Å². The summed E-state index contributed by atoms with van der Waals surface area (Å²) < 4.78 is 12.3. The second-order valence-electron chi connectivity index (χ2n) is 6.72. The van der Waals surface area contributed by atoms with E-state index >= 15 is 0 Å². The van der Waals surface area contributed by atoms with Crippen LogP contribution in [0.3, 0.4) is 0 Å². The van der Waals surface area contributed by atoms with Gasteiger partial charge >= 0.3 is 0 Å². The summed E-state index contributed by atoms with van der Waals surface area (Å²) in [6.07, 6.45) is 0. The third kappa shape index (κ3) is 4.75. The number of thioether (sulfide) groups is 1. The number of benzene rings is 2. The van der Waals surface area contributed by atoms with Gasteiger partial charge in [0.2, 0.25) is 17.6 Å². The van der Waals surface area contributed by atoms with Crippen LogP contribution < -0.4 is 10.1 Å². The monoisotopic (exact) mass is 436 g/mol. The lowest BCUT2D eigenvalue weighted by Gasteiger charge is -2.06. The fraction of sp³-hybridized carbons (Fsp3) is 0.190. The minimum atomic E-state index is -0.165. The lowest BCUT2D eigenvalue weighted by Crippen LogP contribution is -2.14. The average molecular weight is 436 g/mol. The van der Waals surface area contributed by atoms with Crippen molar-refractivity contribution in [3.63, 3.8) is 0 Å². The van der Waals surface area contributed by atoms with Crippen molar-refractivity contribution in [1.29, 1.82) is 0 Å². The van der Waals surface area contributed by atoms with Gasteiger partial charge in [0.25, 0.3) is 5.89 Å². The number of ether oxygens (including phenoxy) is 1. The van der Waals surface area contributed by atoms with Crippen LogP contribution in [-0.4, -0.2) is 43.7 Å². The summed E-state index contributed by atoms with van der Waals surface area (Å²) in [6.45, 7) is 2.02. The summed E-state index contributed by atoms with van der Waals surface area (Å²) in [5.74, 6) is 1.85. The van der Waals surface area contributed by atoms with E-state index in [2.05, 4.69) is 25.7 Å². The highest BCUT2D eigenvalue weighted by molar-refractivity contribution is 7.99. The molecule has 158 valence electrons. The van der Waals surface area contributed by atoms with Gasteiger partial charge in [-0.3, -0.25) is 4.79 Å². The molecular formula is C21H20N6O3S. The normalized spacial score (nSPS) is 10.8. The number of nitrogens with zero attached hydrogens (tertiary/aromatic N) is 5. The molecule has 0 bridgehead atoms. The van der Waals surface area contributed by atoms with Crippen molar-refractivity contribution in [2.45, 2.75) is 12.1 Å². The molecule has 0 spiro atoms. The van der Waals surface area contributed by atoms with E-state index in [9.17, 15) is 4.79 Å². The van der Waals surface area contributed by atoms with E-state index in [1.54, 1.807) is 30.9 Å². The molecule has 0 unspecified atom stereocenters. The lowest BCUT2D eigenvalue weighted by molar-refractivity contribution is -0.113. The SMILES string of the molecule is COc1cccc(NC(=O)CSc2nnc(-c3nc(-c4ccc(C)cc4)no3)n2C)c1. The molecule has 0 aliphatic carbocycles. The van der Waals surface area contributed by atoms with E-state index in [0.29, 0.717) is 28.2 Å². The molecule has 0 saturated heterocycles. The Kier molecular flexibility index (Phi) is 5.99. The van der Waals surface area contributed by atoms with Crippen LogP contribution in [0.2, 0.25) is 0 Å². The Labute approximate surface area is 182 Å². The van der Waals surface area contributed by atoms with Crippen molar-refractivity contribution in [3.05, 3.63) is 54.1 Å². The molecule has 1 N–H and O–H groups in total. The molecule has 10 heteroatoms. The number of aryl methyl sites for hydroxylation is 1. The molecule has 31 heavy (non-hydrogen) atoms. The Morgan fingerprint density at radius 3 is 2.77 bits per heavy atom. The summed E-state index contributed by atoms with van der Waals surface area (Å²) in [6, 6.07) is 15.0. The van der Waals surface area contributed by atoms with E-state index in [0.717, 1.165) is 11.1 Å². The van der Waals surface area contributed by atoms with Crippen LogP contribution in [0, 0.1) is 6.92 Å². The fourth-order valence-electron chi connectivity index (χ4n) is 2.79. The van der Waals surface area contributed by atoms with E-state index in [1.807, 2.05) is 43.3 Å². The van der Waals surface area contributed by atoms with Crippen LogP contribution in [0.1, 0.15) is 5.56 Å². The molecule has 2 aromatic heterocycles. The minimum absolute atomic E-state index is 0.165. The van der Waals surface area contributed by atoms with Crippen molar-refractivity contribution in [3.8, 4) is 28.9 Å². The van der Waals surface area contributed by atoms with E-state index < -0.39 is 0 Å². The number of methoxy groups -OCH3 is 1. The van der Waals surface area contributed by atoms with E-state index in [4.69, 9.17) is 9.26 Å². The maximum absolute atomic E-state index is 12.3. The van der Waals surface area contributed by atoms with Crippen molar-refractivity contribution >= 4 is 23.4 Å². The second kappa shape index (κ2) is 9.00. The molecule has 2 heterocycles. The molecule has 9 nitrogen and oxygen atoms in total. The smallest absolute Gasteiger partial charge is 0.296 e. The van der Waals surface area contributed by atoms with Gasteiger partial charge in [0.15, 0.2) is 5.16 Å². The maximum atomic E-state index is 12.3. The van der Waals surface area contributed by atoms with Crippen molar-refractivity contribution < 1.29 is 14.1 Å². The van der Waals surface area contributed by atoms with Gasteiger partial charge in [0, 0.05) is 24.4 Å². The predicted molar refractivity (Wildman–Crippen MR) is 117 cm³/mol. The number of carbonyl (C=O) groups excluding carboxylic acids is 1. The molecule has 0 fully saturated rings. The van der Waals surface area contributed by atoms with Crippen LogP contribution in [0.4, 0.5) is 5.69 Å². The zero-order chi connectivity index (χ0) is 21.8. The Balaban J connectivity index is 1.41. The molecule has 0 radical (unpaired) electrons. The quantitative estimate of drug-likeness (QED) is 0.438. The van der Waals surface area contributed by atoms with Gasteiger partial charge in [-0.25, -0.2) is 0 Å². The topological polar surface area (TPSA) is 108 Å². The maximum Gasteiger partial charge on any atom is 0.296 e. The third-order valence-electron chi connectivity index (χ3n) is 4.45. The third-order valence-corrected chi connectivity index (χ3v) is 5.47. The van der Waals surface area contributed by atoms with Crippen molar-refractivity contribution in [2.24, 2.45) is 7.05 Å². The summed E-state index contributed by atoms with van der Waals surface area (Å²) in [4.78, 5) is 16.7. The molecule has 0 aliphatic heterocycles. The zero-order valence-electron chi connectivity index (χ0n) is 17.2. The predicted octanol–water partition coefficient (Wildman–Crippen LogP) is 3.58. The first-order chi connectivity index (χ1) is 15.0. The lowest BCUT2D eigenvalue weighted by atomic mass is 10.1. The number of nitrogens with one attached hydrogen (secondary N) is 1. The number of carbonyl (C=O) groups is 1. The van der Waals surface area contributed by atoms with Gasteiger partial charge < -0.3 is 19.1 Å². The molecule has 0 saturated carbocycles. The molecular weight excluding hydrogens is 416 g/mol. The van der Waals surface area contributed by atoms with Crippen molar-refractivity contribution in [2.75, 3.05) is 18.2 Å². The summed E-state index contributed by atoms with van der Waals surface area (Å²) in [5.41, 5.74) is 2.67. The molecule has 4 rings (SSSR count). The average Bonchev–Trinajstić information content (AvgIpc) is 3.40. The van der Waals surface area contributed by atoms with Gasteiger partial charge in [0.1, 0.15) is 5.75 Å². The van der Waals surface area contributed by atoms with Crippen molar-refractivity contribution in [1.82, 2.24) is 24.9 Å². The number of hydrogen-bond donors (Lipinski definition) is 1. The molecule has 0 aliphatic rings. The van der Waals surface area contributed by atoms with E-state index in [-0.39, 0.29) is 17.6 Å².